The van der Waals surface area contributed by atoms with E-state index in [0.29, 0.717) is 4.90 Å². The average molecular weight is 341 g/mol. The molecular formula is C16H14F3NO2S. The van der Waals surface area contributed by atoms with Crippen molar-refractivity contribution in [2.24, 2.45) is 0 Å². The summed E-state index contributed by atoms with van der Waals surface area (Å²) in [7, 11) is 0. The van der Waals surface area contributed by atoms with Crippen LogP contribution in [0.1, 0.15) is 11.7 Å². The summed E-state index contributed by atoms with van der Waals surface area (Å²) in [6.07, 6.45) is -1.16. The molecule has 0 spiro atoms. The molecule has 0 heterocycles. The number of hydrogen-bond donors (Lipinski definition) is 2. The van der Waals surface area contributed by atoms with E-state index in [4.69, 9.17) is 0 Å². The monoisotopic (exact) mass is 341 g/mol. The van der Waals surface area contributed by atoms with Gasteiger partial charge in [0.25, 0.3) is 0 Å². The molecule has 0 radical (unpaired) electrons. The summed E-state index contributed by atoms with van der Waals surface area (Å²) >= 11 is 1.03. The third-order valence-electron chi connectivity index (χ3n) is 3.02. The Balaban J connectivity index is 1.81. The van der Waals surface area contributed by atoms with Crippen LogP contribution in [-0.4, -0.2) is 23.3 Å². The first-order chi connectivity index (χ1) is 11.0. The van der Waals surface area contributed by atoms with Crippen LogP contribution in [0.25, 0.3) is 0 Å². The van der Waals surface area contributed by atoms with Gasteiger partial charge >= 0.3 is 0 Å². The van der Waals surface area contributed by atoms with Crippen LogP contribution in [0, 0.1) is 17.5 Å². The summed E-state index contributed by atoms with van der Waals surface area (Å²) < 4.78 is 39.3. The average Bonchev–Trinajstić information content (AvgIpc) is 2.54. The maximum Gasteiger partial charge on any atom is 0.230 e. The van der Waals surface area contributed by atoms with Gasteiger partial charge in [0.15, 0.2) is 11.6 Å². The number of rotatable bonds is 6. The Bertz CT molecular complexity index is 697. The lowest BCUT2D eigenvalue weighted by molar-refractivity contribution is -0.119. The second-order valence-electron chi connectivity index (χ2n) is 4.71. The fourth-order valence-electron chi connectivity index (χ4n) is 1.83. The van der Waals surface area contributed by atoms with Gasteiger partial charge in [0, 0.05) is 17.0 Å². The summed E-state index contributed by atoms with van der Waals surface area (Å²) in [6.45, 7) is -0.141. The second-order valence-corrected chi connectivity index (χ2v) is 5.75. The summed E-state index contributed by atoms with van der Waals surface area (Å²) in [6, 6.07) is 9.09. The summed E-state index contributed by atoms with van der Waals surface area (Å²) in [5, 5.41) is 12.3. The molecule has 0 bridgehead atoms. The molecule has 2 aromatic carbocycles. The van der Waals surface area contributed by atoms with Gasteiger partial charge in [-0.1, -0.05) is 18.2 Å². The van der Waals surface area contributed by atoms with Gasteiger partial charge in [-0.2, -0.15) is 0 Å². The highest BCUT2D eigenvalue weighted by atomic mass is 32.2. The second kappa shape index (κ2) is 8.03. The first-order valence-corrected chi connectivity index (χ1v) is 7.73. The summed E-state index contributed by atoms with van der Waals surface area (Å²) in [5.41, 5.74) is 0.0982. The predicted molar refractivity (Wildman–Crippen MR) is 81.5 cm³/mol. The van der Waals surface area contributed by atoms with Crippen LogP contribution < -0.4 is 5.32 Å². The highest BCUT2D eigenvalue weighted by molar-refractivity contribution is 8.00. The summed E-state index contributed by atoms with van der Waals surface area (Å²) in [5.74, 6) is -2.92. The Morgan fingerprint density at radius 3 is 2.52 bits per heavy atom. The van der Waals surface area contributed by atoms with E-state index in [1.54, 1.807) is 6.07 Å². The topological polar surface area (TPSA) is 49.3 Å². The van der Waals surface area contributed by atoms with Gasteiger partial charge < -0.3 is 10.4 Å². The molecule has 7 heteroatoms. The van der Waals surface area contributed by atoms with Crippen LogP contribution in [0.15, 0.2) is 47.4 Å². The van der Waals surface area contributed by atoms with E-state index in [9.17, 15) is 23.1 Å². The van der Waals surface area contributed by atoms with Crippen molar-refractivity contribution in [2.75, 3.05) is 12.3 Å². The molecule has 0 aromatic heterocycles. The number of aliphatic hydroxyl groups excluding tert-OH is 1. The number of nitrogens with one attached hydrogen (secondary N) is 1. The smallest absolute Gasteiger partial charge is 0.230 e. The fraction of sp³-hybridized carbons (Fsp3) is 0.188. The molecule has 2 aromatic rings. The Morgan fingerprint density at radius 2 is 1.83 bits per heavy atom. The lowest BCUT2D eigenvalue weighted by Gasteiger charge is -2.13. The molecule has 0 aliphatic heterocycles. The molecule has 1 unspecified atom stereocenters. The van der Waals surface area contributed by atoms with Crippen molar-refractivity contribution in [2.45, 2.75) is 11.0 Å². The normalized spacial score (nSPS) is 12.0. The summed E-state index contributed by atoms with van der Waals surface area (Å²) in [4.78, 5) is 12.1. The van der Waals surface area contributed by atoms with Gasteiger partial charge in [0.05, 0.1) is 11.9 Å². The third kappa shape index (κ3) is 5.01. The minimum Gasteiger partial charge on any atom is -0.386 e. The zero-order chi connectivity index (χ0) is 16.8. The minimum absolute atomic E-state index is 0.0327. The highest BCUT2D eigenvalue weighted by Gasteiger charge is 2.13. The van der Waals surface area contributed by atoms with Crippen LogP contribution in [0.2, 0.25) is 0 Å². The van der Waals surface area contributed by atoms with E-state index in [-0.39, 0.29) is 17.9 Å². The number of carbonyl (C=O) groups excluding carboxylic acids is 1. The molecule has 0 saturated heterocycles. The third-order valence-corrected chi connectivity index (χ3v) is 4.01. The molecule has 0 fully saturated rings. The SMILES string of the molecule is O=C(CSc1ccc(F)c(F)c1)NCC(O)c1ccccc1F. The van der Waals surface area contributed by atoms with Crippen LogP contribution in [0.4, 0.5) is 13.2 Å². The molecule has 2 N–H and O–H groups in total. The molecule has 23 heavy (non-hydrogen) atoms. The van der Waals surface area contributed by atoms with Gasteiger partial charge in [-0.3, -0.25) is 4.79 Å². The van der Waals surface area contributed by atoms with Gasteiger partial charge in [-0.05, 0) is 24.3 Å². The zero-order valence-electron chi connectivity index (χ0n) is 11.9. The van der Waals surface area contributed by atoms with Crippen LogP contribution in [0.5, 0.6) is 0 Å². The molecule has 1 atom stereocenters. The highest BCUT2D eigenvalue weighted by Crippen LogP contribution is 2.20. The maximum atomic E-state index is 13.5. The predicted octanol–water partition coefficient (Wildman–Crippen LogP) is 3.05. The molecule has 0 aliphatic rings. The van der Waals surface area contributed by atoms with Crippen molar-refractivity contribution in [3.8, 4) is 0 Å². The standard InChI is InChI=1S/C16H14F3NO2S/c17-12-4-2-1-3-11(12)15(21)8-20-16(22)9-23-10-5-6-13(18)14(19)7-10/h1-7,15,21H,8-9H2,(H,20,22). The van der Waals surface area contributed by atoms with Gasteiger partial charge in [0.2, 0.25) is 5.91 Å². The van der Waals surface area contributed by atoms with Gasteiger partial charge in [-0.25, -0.2) is 13.2 Å². The largest absolute Gasteiger partial charge is 0.386 e. The van der Waals surface area contributed by atoms with Crippen LogP contribution in [0.3, 0.4) is 0 Å². The lowest BCUT2D eigenvalue weighted by Crippen LogP contribution is -2.30. The van der Waals surface area contributed by atoms with E-state index < -0.39 is 29.5 Å². The van der Waals surface area contributed by atoms with E-state index in [1.807, 2.05) is 0 Å². The van der Waals surface area contributed by atoms with Gasteiger partial charge in [-0.15, -0.1) is 11.8 Å². The molecule has 0 saturated carbocycles. The Labute approximate surface area is 135 Å². The number of hydrogen-bond acceptors (Lipinski definition) is 3. The van der Waals surface area contributed by atoms with E-state index in [2.05, 4.69) is 5.32 Å². The Hall–Kier alpha value is -1.99. The van der Waals surface area contributed by atoms with Crippen molar-refractivity contribution in [1.82, 2.24) is 5.32 Å². The van der Waals surface area contributed by atoms with Crippen molar-refractivity contribution in [1.29, 1.82) is 0 Å². The number of carbonyl (C=O) groups is 1. The molecule has 2 rings (SSSR count). The Morgan fingerprint density at radius 1 is 1.09 bits per heavy atom. The quantitative estimate of drug-likeness (QED) is 0.794. The van der Waals surface area contributed by atoms with Gasteiger partial charge in [0.1, 0.15) is 5.82 Å². The van der Waals surface area contributed by atoms with Crippen LogP contribution >= 0.6 is 11.8 Å². The molecular weight excluding hydrogens is 327 g/mol. The van der Waals surface area contributed by atoms with E-state index in [0.717, 1.165) is 23.9 Å². The molecule has 0 aliphatic carbocycles. The van der Waals surface area contributed by atoms with E-state index >= 15 is 0 Å². The number of aliphatic hydroxyl groups is 1. The van der Waals surface area contributed by atoms with E-state index in [1.165, 1.54) is 24.3 Å². The lowest BCUT2D eigenvalue weighted by atomic mass is 10.1. The maximum absolute atomic E-state index is 13.5. The zero-order valence-corrected chi connectivity index (χ0v) is 12.7. The molecule has 1 amide bonds. The van der Waals surface area contributed by atoms with Crippen LogP contribution in [-0.2, 0) is 4.79 Å². The first-order valence-electron chi connectivity index (χ1n) is 6.74. The fourth-order valence-corrected chi connectivity index (χ4v) is 2.58. The Kier molecular flexibility index (Phi) is 6.06. The van der Waals surface area contributed by atoms with Crippen molar-refractivity contribution in [3.63, 3.8) is 0 Å². The molecule has 122 valence electrons. The first kappa shape index (κ1) is 17.4. The number of amides is 1. The number of thioether (sulfide) groups is 1. The van der Waals surface area contributed by atoms with Crippen molar-refractivity contribution < 1.29 is 23.1 Å². The molecule has 3 nitrogen and oxygen atoms in total. The van der Waals surface area contributed by atoms with Crippen molar-refractivity contribution in [3.05, 3.63) is 65.5 Å². The minimum atomic E-state index is -1.16. The number of benzene rings is 2. The van der Waals surface area contributed by atoms with Crippen molar-refractivity contribution >= 4 is 17.7 Å². The number of halogens is 3.